The topological polar surface area (TPSA) is 68.3 Å². The molecule has 2 heterocycles. The number of carbonyl (C=O) groups is 2. The molecule has 3 aromatic rings. The van der Waals surface area contributed by atoms with E-state index < -0.39 is 0 Å². The maximum absolute atomic E-state index is 13.6. The summed E-state index contributed by atoms with van der Waals surface area (Å²) in [6.45, 7) is 3.52. The molecule has 0 bridgehead atoms. The molecule has 2 aromatic carbocycles. The molecule has 1 atom stereocenters. The van der Waals surface area contributed by atoms with Crippen LogP contribution in [0.15, 0.2) is 60.0 Å². The number of fused-ring (bicyclic) bond motifs is 1. The fraction of sp³-hybridized carbons (Fsp3) is 0.357. The number of amides is 2. The van der Waals surface area contributed by atoms with Gasteiger partial charge in [0.2, 0.25) is 5.91 Å². The van der Waals surface area contributed by atoms with Gasteiger partial charge >= 0.3 is 0 Å². The quantitative estimate of drug-likeness (QED) is 0.407. The third-order valence-electron chi connectivity index (χ3n) is 6.34. The molecule has 7 nitrogen and oxygen atoms in total. The Labute approximate surface area is 216 Å². The molecule has 0 saturated heterocycles. The van der Waals surface area contributed by atoms with Gasteiger partial charge in [-0.2, -0.15) is 0 Å². The summed E-state index contributed by atoms with van der Waals surface area (Å²) in [7, 11) is 3.20. The smallest absolute Gasteiger partial charge is 0.254 e. The molecule has 1 unspecified atom stereocenters. The molecule has 1 aromatic heterocycles. The lowest BCUT2D eigenvalue weighted by atomic mass is 10.0. The molecule has 4 rings (SSSR count). The molecule has 1 aliphatic heterocycles. The van der Waals surface area contributed by atoms with Crippen molar-refractivity contribution >= 4 is 23.2 Å². The number of ether oxygens (including phenoxy) is 3. The first-order valence-corrected chi connectivity index (χ1v) is 12.9. The first-order valence-electron chi connectivity index (χ1n) is 12.0. The summed E-state index contributed by atoms with van der Waals surface area (Å²) < 4.78 is 16.6. The van der Waals surface area contributed by atoms with Crippen LogP contribution >= 0.6 is 11.3 Å². The van der Waals surface area contributed by atoms with Crippen molar-refractivity contribution in [1.82, 2.24) is 9.80 Å². The maximum atomic E-state index is 13.6. The third-order valence-corrected chi connectivity index (χ3v) is 7.34. The van der Waals surface area contributed by atoms with Crippen molar-refractivity contribution in [3.05, 3.63) is 81.5 Å². The summed E-state index contributed by atoms with van der Waals surface area (Å²) in [6.07, 6.45) is 0.790. The summed E-state index contributed by atoms with van der Waals surface area (Å²) >= 11 is 1.70. The number of aryl methyl sites for hydroxylation is 1. The molecule has 190 valence electrons. The third kappa shape index (κ3) is 6.06. The van der Waals surface area contributed by atoms with Crippen molar-refractivity contribution in [2.75, 3.05) is 47.1 Å². The van der Waals surface area contributed by atoms with Gasteiger partial charge in [-0.3, -0.25) is 9.59 Å². The Hall–Kier alpha value is -3.36. The van der Waals surface area contributed by atoms with E-state index in [-0.39, 0.29) is 24.4 Å². The predicted octanol–water partition coefficient (Wildman–Crippen LogP) is 4.36. The minimum atomic E-state index is -0.238. The SMILES string of the molecule is COCCN(CC(=O)N1CCc2sccc2C1COc1cccc(OC)c1)C(=O)c1ccc(C)cc1. The molecule has 0 N–H and O–H groups in total. The van der Waals surface area contributed by atoms with Crippen LogP contribution in [0.5, 0.6) is 11.5 Å². The number of rotatable bonds is 10. The number of methoxy groups -OCH3 is 2. The minimum absolute atomic E-state index is 0.0226. The predicted molar refractivity (Wildman–Crippen MR) is 140 cm³/mol. The van der Waals surface area contributed by atoms with Crippen LogP contribution in [-0.4, -0.2) is 68.7 Å². The molecule has 0 radical (unpaired) electrons. The Morgan fingerprint density at radius 3 is 2.61 bits per heavy atom. The molecule has 1 aliphatic rings. The molecule has 0 spiro atoms. The summed E-state index contributed by atoms with van der Waals surface area (Å²) in [5.41, 5.74) is 2.74. The Morgan fingerprint density at radius 2 is 1.86 bits per heavy atom. The first kappa shape index (κ1) is 25.7. The van der Waals surface area contributed by atoms with Gasteiger partial charge in [-0.1, -0.05) is 23.8 Å². The molecule has 2 amide bonds. The van der Waals surface area contributed by atoms with Crippen LogP contribution in [0.25, 0.3) is 0 Å². The van der Waals surface area contributed by atoms with Gasteiger partial charge in [0.1, 0.15) is 24.7 Å². The van der Waals surface area contributed by atoms with E-state index in [0.29, 0.717) is 43.4 Å². The van der Waals surface area contributed by atoms with Gasteiger partial charge < -0.3 is 24.0 Å². The van der Waals surface area contributed by atoms with E-state index in [2.05, 4.69) is 11.4 Å². The number of carbonyl (C=O) groups excluding carboxylic acids is 2. The summed E-state index contributed by atoms with van der Waals surface area (Å²) in [4.78, 5) is 31.6. The second-order valence-corrected chi connectivity index (χ2v) is 9.73. The number of nitrogens with zero attached hydrogens (tertiary/aromatic N) is 2. The van der Waals surface area contributed by atoms with Crippen molar-refractivity contribution in [3.8, 4) is 11.5 Å². The van der Waals surface area contributed by atoms with Crippen LogP contribution in [0.3, 0.4) is 0 Å². The summed E-state index contributed by atoms with van der Waals surface area (Å²) in [5.74, 6) is 1.10. The van der Waals surface area contributed by atoms with E-state index in [1.807, 2.05) is 48.2 Å². The second-order valence-electron chi connectivity index (χ2n) is 8.73. The van der Waals surface area contributed by atoms with E-state index in [1.165, 1.54) is 4.88 Å². The zero-order valence-electron chi connectivity index (χ0n) is 20.9. The summed E-state index contributed by atoms with van der Waals surface area (Å²) in [6, 6.07) is 16.7. The number of hydrogen-bond donors (Lipinski definition) is 0. The van der Waals surface area contributed by atoms with Gasteiger partial charge in [-0.15, -0.1) is 11.3 Å². The van der Waals surface area contributed by atoms with Crippen molar-refractivity contribution in [3.63, 3.8) is 0 Å². The lowest BCUT2D eigenvalue weighted by Gasteiger charge is -2.37. The van der Waals surface area contributed by atoms with E-state index >= 15 is 0 Å². The fourth-order valence-corrected chi connectivity index (χ4v) is 5.26. The minimum Gasteiger partial charge on any atom is -0.497 e. The standard InChI is InChI=1S/C28H32N2O5S/c1-20-7-9-21(10-8-20)28(32)29(14-15-33-2)18-27(31)30-13-11-26-24(12-16-36-26)25(30)19-35-23-6-4-5-22(17-23)34-3/h4-10,12,16-17,25H,11,13-15,18-19H2,1-3H3. The second kappa shape index (κ2) is 12.1. The largest absolute Gasteiger partial charge is 0.497 e. The van der Waals surface area contributed by atoms with Crippen molar-refractivity contribution in [1.29, 1.82) is 0 Å². The van der Waals surface area contributed by atoms with Crippen molar-refractivity contribution in [2.24, 2.45) is 0 Å². The highest BCUT2D eigenvalue weighted by molar-refractivity contribution is 7.10. The van der Waals surface area contributed by atoms with Gasteiger partial charge in [-0.25, -0.2) is 0 Å². The van der Waals surface area contributed by atoms with Crippen LogP contribution in [-0.2, 0) is 16.0 Å². The Balaban J connectivity index is 1.52. The van der Waals surface area contributed by atoms with Gasteiger partial charge in [0, 0.05) is 36.7 Å². The monoisotopic (exact) mass is 508 g/mol. The van der Waals surface area contributed by atoms with E-state index in [9.17, 15) is 9.59 Å². The molecular weight excluding hydrogens is 476 g/mol. The summed E-state index contributed by atoms with van der Waals surface area (Å²) in [5, 5.41) is 2.06. The van der Waals surface area contributed by atoms with Crippen LogP contribution in [0.4, 0.5) is 0 Å². The lowest BCUT2D eigenvalue weighted by molar-refractivity contribution is -0.135. The van der Waals surface area contributed by atoms with Crippen LogP contribution in [0.1, 0.15) is 32.4 Å². The van der Waals surface area contributed by atoms with E-state index in [4.69, 9.17) is 14.2 Å². The highest BCUT2D eigenvalue weighted by Gasteiger charge is 2.33. The zero-order chi connectivity index (χ0) is 25.5. The normalized spacial score (nSPS) is 14.8. The molecule has 0 saturated carbocycles. The molecule has 8 heteroatoms. The van der Waals surface area contributed by atoms with Gasteiger partial charge in [-0.05, 0) is 54.6 Å². The molecule has 0 aliphatic carbocycles. The van der Waals surface area contributed by atoms with Gasteiger partial charge in [0.15, 0.2) is 0 Å². The Morgan fingerprint density at radius 1 is 1.08 bits per heavy atom. The number of benzene rings is 2. The Bertz CT molecular complexity index is 1180. The first-order chi connectivity index (χ1) is 17.5. The van der Waals surface area contributed by atoms with Crippen LogP contribution < -0.4 is 9.47 Å². The average molecular weight is 509 g/mol. The highest BCUT2D eigenvalue weighted by Crippen LogP contribution is 2.34. The van der Waals surface area contributed by atoms with Crippen molar-refractivity contribution < 1.29 is 23.8 Å². The maximum Gasteiger partial charge on any atom is 0.254 e. The van der Waals surface area contributed by atoms with E-state index in [0.717, 1.165) is 17.5 Å². The zero-order valence-corrected chi connectivity index (χ0v) is 21.8. The van der Waals surface area contributed by atoms with E-state index in [1.54, 1.807) is 42.6 Å². The molecule has 36 heavy (non-hydrogen) atoms. The highest BCUT2D eigenvalue weighted by atomic mass is 32.1. The Kier molecular flexibility index (Phi) is 8.61. The number of hydrogen-bond acceptors (Lipinski definition) is 6. The average Bonchev–Trinajstić information content (AvgIpc) is 3.39. The molecule has 0 fully saturated rings. The number of thiophene rings is 1. The lowest BCUT2D eigenvalue weighted by Crippen LogP contribution is -2.48. The van der Waals surface area contributed by atoms with Crippen molar-refractivity contribution in [2.45, 2.75) is 19.4 Å². The fourth-order valence-electron chi connectivity index (χ4n) is 4.33. The molecular formula is C28H32N2O5S. The van der Waals surface area contributed by atoms with Crippen LogP contribution in [0, 0.1) is 6.92 Å². The van der Waals surface area contributed by atoms with Gasteiger partial charge in [0.05, 0.1) is 19.8 Å². The van der Waals surface area contributed by atoms with Gasteiger partial charge in [0.25, 0.3) is 5.91 Å². The van der Waals surface area contributed by atoms with Crippen LogP contribution in [0.2, 0.25) is 0 Å².